The molecular weight excluding hydrogens is 474 g/mol. The average molecular weight is 499 g/mol. The van der Waals surface area contributed by atoms with E-state index in [1.807, 2.05) is 55.5 Å². The van der Waals surface area contributed by atoms with Crippen molar-refractivity contribution in [2.24, 2.45) is 0 Å². The monoisotopic (exact) mass is 498 g/mol. The van der Waals surface area contributed by atoms with Crippen LogP contribution in [0.2, 0.25) is 5.02 Å². The van der Waals surface area contributed by atoms with Crippen LogP contribution in [0.5, 0.6) is 0 Å². The second-order valence-corrected chi connectivity index (χ2v) is 8.83. The fourth-order valence-corrected chi connectivity index (χ4v) is 4.09. The molecule has 0 saturated carbocycles. The van der Waals surface area contributed by atoms with Crippen molar-refractivity contribution in [3.8, 4) is 11.3 Å². The summed E-state index contributed by atoms with van der Waals surface area (Å²) in [6.07, 6.45) is 0.693. The topological polar surface area (TPSA) is 122 Å². The van der Waals surface area contributed by atoms with Crippen LogP contribution < -0.4 is 5.32 Å². The van der Waals surface area contributed by atoms with E-state index in [4.69, 9.17) is 17.0 Å². The second-order valence-electron chi connectivity index (χ2n) is 7.44. The summed E-state index contributed by atoms with van der Waals surface area (Å²) in [5, 5.41) is 20.5. The van der Waals surface area contributed by atoms with Crippen LogP contribution in [0.3, 0.4) is 0 Å². The number of hydrogen-bond donors (Lipinski definition) is 2. The van der Waals surface area contributed by atoms with Crippen LogP contribution in [0.15, 0.2) is 60.7 Å². The Bertz CT molecular complexity index is 1160. The lowest BCUT2D eigenvalue weighted by molar-refractivity contribution is -0.129. The maximum Gasteiger partial charge on any atom is 0.241 e. The van der Waals surface area contributed by atoms with E-state index in [1.54, 1.807) is 12.1 Å². The van der Waals surface area contributed by atoms with Gasteiger partial charge in [-0.2, -0.15) is 0 Å². The highest BCUT2D eigenvalue weighted by atomic mass is 35.5. The summed E-state index contributed by atoms with van der Waals surface area (Å²) in [5.74, 6) is -0.210. The minimum Gasteiger partial charge on any atom is -0.772 e. The maximum atomic E-state index is 12.8. The van der Waals surface area contributed by atoms with Crippen LogP contribution in [-0.2, 0) is 15.9 Å². The molecule has 2 aromatic carbocycles. The van der Waals surface area contributed by atoms with E-state index < -0.39 is 11.1 Å². The fraction of sp³-hybridized carbons (Fsp3) is 0.250. The van der Waals surface area contributed by atoms with Crippen LogP contribution in [0.1, 0.15) is 24.5 Å². The number of aromatic nitrogens is 2. The number of halogens is 1. The molecule has 0 radical (unpaired) electrons. The number of hydrogen-bond acceptors (Lipinski definition) is 7. The highest BCUT2D eigenvalue weighted by Crippen LogP contribution is 2.33. The molecule has 3 aromatic rings. The lowest BCUT2D eigenvalue weighted by Crippen LogP contribution is -2.39. The molecule has 1 unspecified atom stereocenters. The zero-order valence-electron chi connectivity index (χ0n) is 18.7. The van der Waals surface area contributed by atoms with Gasteiger partial charge in [0, 0.05) is 30.0 Å². The van der Waals surface area contributed by atoms with Crippen molar-refractivity contribution < 1.29 is 13.6 Å². The summed E-state index contributed by atoms with van der Waals surface area (Å²) in [7, 11) is 0. The molecule has 10 heteroatoms. The third kappa shape index (κ3) is 6.47. The Morgan fingerprint density at radius 1 is 1.09 bits per heavy atom. The number of anilines is 1. The molecule has 1 amide bonds. The number of carbonyl (C=O) groups is 1. The van der Waals surface area contributed by atoms with Crippen molar-refractivity contribution in [1.82, 2.24) is 15.1 Å². The average Bonchev–Trinajstić information content (AvgIpc) is 2.85. The largest absolute Gasteiger partial charge is 0.772 e. The summed E-state index contributed by atoms with van der Waals surface area (Å²) in [6.45, 7) is 2.31. The van der Waals surface area contributed by atoms with Gasteiger partial charge in [0.05, 0.1) is 22.8 Å². The Labute approximate surface area is 206 Å². The van der Waals surface area contributed by atoms with Gasteiger partial charge in [0.25, 0.3) is 0 Å². The summed E-state index contributed by atoms with van der Waals surface area (Å²) in [6, 6.07) is 18.4. The predicted molar refractivity (Wildman–Crippen MR) is 134 cm³/mol. The van der Waals surface area contributed by atoms with Crippen molar-refractivity contribution in [3.63, 3.8) is 0 Å². The molecule has 0 spiro atoms. The molecule has 0 aliphatic heterocycles. The highest BCUT2D eigenvalue weighted by Gasteiger charge is 2.22. The molecule has 0 aliphatic carbocycles. The number of carbonyl (C=O) groups excluding carboxylic acids is 1. The van der Waals surface area contributed by atoms with Gasteiger partial charge < -0.3 is 14.8 Å². The molecule has 2 N–H and O–H groups in total. The van der Waals surface area contributed by atoms with E-state index in [1.165, 1.54) is 4.90 Å². The molecule has 0 fully saturated rings. The van der Waals surface area contributed by atoms with Gasteiger partial charge in [0.15, 0.2) is 5.82 Å². The first-order valence-corrected chi connectivity index (χ1v) is 12.4. The lowest BCUT2D eigenvalue weighted by atomic mass is 10.0. The van der Waals surface area contributed by atoms with Crippen LogP contribution in [0.4, 0.5) is 5.82 Å². The third-order valence-corrected chi connectivity index (χ3v) is 5.94. The first kappa shape index (κ1) is 25.5. The van der Waals surface area contributed by atoms with Crippen LogP contribution >= 0.6 is 11.6 Å². The smallest absolute Gasteiger partial charge is 0.241 e. The highest BCUT2D eigenvalue weighted by molar-refractivity contribution is 7.79. The van der Waals surface area contributed by atoms with E-state index in [-0.39, 0.29) is 41.3 Å². The lowest BCUT2D eigenvalue weighted by Gasteiger charge is -2.23. The van der Waals surface area contributed by atoms with Gasteiger partial charge in [-0.1, -0.05) is 90.3 Å². The van der Waals surface area contributed by atoms with E-state index in [0.29, 0.717) is 29.8 Å². The molecule has 34 heavy (non-hydrogen) atoms. The third-order valence-electron chi connectivity index (χ3n) is 5.06. The number of nitrogens with one attached hydrogen (secondary N) is 2. The van der Waals surface area contributed by atoms with E-state index in [0.717, 1.165) is 5.56 Å². The van der Waals surface area contributed by atoms with Gasteiger partial charge >= 0.3 is 0 Å². The second kappa shape index (κ2) is 12.4. The zero-order valence-corrected chi connectivity index (χ0v) is 20.2. The quantitative estimate of drug-likeness (QED) is 0.306. The summed E-state index contributed by atoms with van der Waals surface area (Å²) >= 11 is 4.52. The van der Waals surface area contributed by atoms with Crippen molar-refractivity contribution in [1.29, 1.82) is 5.41 Å². The minimum absolute atomic E-state index is 0.108. The van der Waals surface area contributed by atoms with Gasteiger partial charge in [-0.15, -0.1) is 10.2 Å². The molecule has 0 bridgehead atoms. The molecular formula is C24H25ClN5O3S-. The van der Waals surface area contributed by atoms with Gasteiger partial charge in [0.1, 0.15) is 5.69 Å². The Balaban J connectivity index is 1.93. The Hall–Kier alpha value is -3.14. The summed E-state index contributed by atoms with van der Waals surface area (Å²) in [5.41, 5.74) is 2.29. The fourth-order valence-electron chi connectivity index (χ4n) is 3.38. The first-order valence-electron chi connectivity index (χ1n) is 10.8. The van der Waals surface area contributed by atoms with Crippen LogP contribution in [0.25, 0.3) is 11.3 Å². The first-order chi connectivity index (χ1) is 16.4. The van der Waals surface area contributed by atoms with E-state index >= 15 is 0 Å². The van der Waals surface area contributed by atoms with E-state index in [2.05, 4.69) is 15.5 Å². The molecule has 1 heterocycles. The minimum atomic E-state index is -2.23. The molecule has 8 nitrogen and oxygen atoms in total. The Morgan fingerprint density at radius 3 is 2.35 bits per heavy atom. The van der Waals surface area contributed by atoms with Crippen molar-refractivity contribution >= 4 is 40.1 Å². The van der Waals surface area contributed by atoms with Gasteiger partial charge in [-0.05, 0) is 6.42 Å². The van der Waals surface area contributed by atoms with Crippen LogP contribution in [0, 0.1) is 5.41 Å². The molecule has 178 valence electrons. The normalized spacial score (nSPS) is 11.6. The molecule has 3 rings (SSSR count). The number of nitrogens with zero attached hydrogens (tertiary/aromatic N) is 3. The Morgan fingerprint density at radius 2 is 1.74 bits per heavy atom. The summed E-state index contributed by atoms with van der Waals surface area (Å²) in [4.78, 5) is 14.3. The van der Waals surface area contributed by atoms with Crippen molar-refractivity contribution in [3.05, 3.63) is 76.8 Å². The molecule has 1 atom stereocenters. The Kier molecular flexibility index (Phi) is 9.26. The SMILES string of the molecule is CCCN(CCS(=O)[O-])C(=O)CNc1nnc(-c2ccccc2)c(Cl)c1C(=N)c1ccccc1. The van der Waals surface area contributed by atoms with Crippen LogP contribution in [-0.4, -0.2) is 60.9 Å². The van der Waals surface area contributed by atoms with Gasteiger partial charge in [-0.3, -0.25) is 14.4 Å². The van der Waals surface area contributed by atoms with Gasteiger partial charge in [-0.25, -0.2) is 0 Å². The van der Waals surface area contributed by atoms with E-state index in [9.17, 15) is 13.6 Å². The maximum absolute atomic E-state index is 12.8. The molecule has 1 aromatic heterocycles. The predicted octanol–water partition coefficient (Wildman–Crippen LogP) is 3.74. The zero-order chi connectivity index (χ0) is 24.5. The summed E-state index contributed by atoms with van der Waals surface area (Å²) < 4.78 is 21.9. The number of benzene rings is 2. The number of rotatable bonds is 11. The van der Waals surface area contributed by atoms with Gasteiger partial charge in [0.2, 0.25) is 5.91 Å². The standard InChI is InChI=1S/C24H26ClN5O3S/c1-2-13-30(14-15-34(32)33)19(31)16-27-24-20(22(26)17-9-5-3-6-10-17)21(25)23(28-29-24)18-11-7-4-8-12-18/h3-12,26H,2,13-16H2,1H3,(H,27,29)(H,32,33)/p-1. The van der Waals surface area contributed by atoms with Crippen molar-refractivity contribution in [2.75, 3.05) is 30.7 Å². The molecule has 0 saturated heterocycles. The molecule has 0 aliphatic rings. The van der Waals surface area contributed by atoms with Crippen molar-refractivity contribution in [2.45, 2.75) is 13.3 Å². The number of amides is 1.